The molecule has 3 rings (SSSR count). The second-order valence-corrected chi connectivity index (χ2v) is 6.49. The summed E-state index contributed by atoms with van der Waals surface area (Å²) in [4.78, 5) is 22.5. The minimum absolute atomic E-state index is 0.0528. The number of piperidine rings is 1. The Bertz CT molecular complexity index is 734. The summed E-state index contributed by atoms with van der Waals surface area (Å²) >= 11 is 0. The number of H-pyrrole nitrogens is 1. The summed E-state index contributed by atoms with van der Waals surface area (Å²) < 4.78 is 10.9. The maximum Gasteiger partial charge on any atom is 0.319 e. The van der Waals surface area contributed by atoms with E-state index in [-0.39, 0.29) is 12.0 Å². The van der Waals surface area contributed by atoms with Crippen LogP contribution in [-0.4, -0.2) is 57.3 Å². The lowest BCUT2D eigenvalue weighted by Crippen LogP contribution is -2.42. The zero-order valence-corrected chi connectivity index (χ0v) is 15.5. The van der Waals surface area contributed by atoms with Gasteiger partial charge in [-0.25, -0.2) is 4.98 Å². The van der Waals surface area contributed by atoms with Crippen LogP contribution in [0.1, 0.15) is 36.2 Å². The highest BCUT2D eigenvalue weighted by atomic mass is 16.5. The number of aryl methyl sites for hydroxylation is 2. The number of aromatic amines is 1. The van der Waals surface area contributed by atoms with Crippen LogP contribution in [0.5, 0.6) is 11.9 Å². The number of aromatic nitrogens is 4. The molecule has 1 amide bonds. The van der Waals surface area contributed by atoms with Crippen LogP contribution in [0.2, 0.25) is 0 Å². The molecule has 0 spiro atoms. The molecule has 0 unspecified atom stereocenters. The number of nitrogens with one attached hydrogen (secondary N) is 1. The van der Waals surface area contributed by atoms with Gasteiger partial charge in [-0.2, -0.15) is 10.1 Å². The lowest BCUT2D eigenvalue weighted by Gasteiger charge is -2.32. The number of carbonyl (C=O) groups excluding carboxylic acids is 1. The van der Waals surface area contributed by atoms with Crippen molar-refractivity contribution in [3.8, 4) is 11.9 Å². The van der Waals surface area contributed by atoms with E-state index in [2.05, 4.69) is 20.2 Å². The van der Waals surface area contributed by atoms with Gasteiger partial charge in [0.2, 0.25) is 11.8 Å². The first-order valence-corrected chi connectivity index (χ1v) is 8.88. The molecule has 1 N–H and O–H groups in total. The van der Waals surface area contributed by atoms with Crippen molar-refractivity contribution in [1.82, 2.24) is 25.1 Å². The van der Waals surface area contributed by atoms with E-state index in [9.17, 15) is 4.79 Å². The average Bonchev–Trinajstić information content (AvgIpc) is 2.98. The van der Waals surface area contributed by atoms with Gasteiger partial charge in [-0.1, -0.05) is 0 Å². The van der Waals surface area contributed by atoms with Crippen LogP contribution < -0.4 is 9.47 Å². The quantitative estimate of drug-likeness (QED) is 0.846. The zero-order chi connectivity index (χ0) is 18.5. The Hall–Kier alpha value is -2.64. The normalized spacial score (nSPS) is 15.1. The van der Waals surface area contributed by atoms with Crippen LogP contribution in [0, 0.1) is 13.8 Å². The largest absolute Gasteiger partial charge is 0.474 e. The fraction of sp³-hybridized carbons (Fsp3) is 0.556. The monoisotopic (exact) mass is 359 g/mol. The van der Waals surface area contributed by atoms with Crippen molar-refractivity contribution >= 4 is 5.91 Å². The van der Waals surface area contributed by atoms with E-state index < -0.39 is 0 Å². The van der Waals surface area contributed by atoms with E-state index >= 15 is 0 Å². The fourth-order valence-electron chi connectivity index (χ4n) is 3.22. The van der Waals surface area contributed by atoms with Gasteiger partial charge in [0.05, 0.1) is 12.8 Å². The van der Waals surface area contributed by atoms with Crippen LogP contribution in [0.15, 0.2) is 12.3 Å². The summed E-state index contributed by atoms with van der Waals surface area (Å²) in [5.41, 5.74) is 3.17. The molecule has 140 valence electrons. The molecule has 26 heavy (non-hydrogen) atoms. The number of rotatable bonds is 6. The Morgan fingerprint density at radius 2 is 2.12 bits per heavy atom. The Morgan fingerprint density at radius 3 is 2.77 bits per heavy atom. The standard InChI is InChI=1S/C18H25N5O3/c1-12-15(13(2)22-21-12)4-5-17(24)23-10-7-14(8-11-23)26-16-6-9-19-18(20-16)25-3/h6,9,14H,4-5,7-8,10-11H2,1-3H3,(H,21,22). The minimum Gasteiger partial charge on any atom is -0.474 e. The number of nitrogens with zero attached hydrogens (tertiary/aromatic N) is 4. The van der Waals surface area contributed by atoms with Gasteiger partial charge < -0.3 is 14.4 Å². The molecule has 0 atom stereocenters. The van der Waals surface area contributed by atoms with E-state index in [1.165, 1.54) is 7.11 Å². The molecule has 0 bridgehead atoms. The number of carbonyl (C=O) groups is 1. The van der Waals surface area contributed by atoms with Crippen LogP contribution >= 0.6 is 0 Å². The first kappa shape index (κ1) is 18.2. The average molecular weight is 359 g/mol. The van der Waals surface area contributed by atoms with Gasteiger partial charge in [0.1, 0.15) is 6.10 Å². The Morgan fingerprint density at radius 1 is 1.35 bits per heavy atom. The number of amides is 1. The van der Waals surface area contributed by atoms with Gasteiger partial charge >= 0.3 is 6.01 Å². The van der Waals surface area contributed by atoms with Gasteiger partial charge in [0.25, 0.3) is 0 Å². The van der Waals surface area contributed by atoms with Crippen LogP contribution in [0.25, 0.3) is 0 Å². The maximum absolute atomic E-state index is 12.5. The second-order valence-electron chi connectivity index (χ2n) is 6.49. The first-order chi connectivity index (χ1) is 12.6. The van der Waals surface area contributed by atoms with Crippen molar-refractivity contribution in [2.24, 2.45) is 0 Å². The van der Waals surface area contributed by atoms with Gasteiger partial charge in [-0.3, -0.25) is 9.89 Å². The van der Waals surface area contributed by atoms with Crippen LogP contribution in [0.3, 0.4) is 0 Å². The molecule has 1 saturated heterocycles. The summed E-state index contributed by atoms with van der Waals surface area (Å²) in [5.74, 6) is 0.694. The molecule has 8 heteroatoms. The van der Waals surface area contributed by atoms with Crippen molar-refractivity contribution in [2.75, 3.05) is 20.2 Å². The van der Waals surface area contributed by atoms with Crippen molar-refractivity contribution in [1.29, 1.82) is 0 Å². The van der Waals surface area contributed by atoms with Gasteiger partial charge in [-0.15, -0.1) is 0 Å². The number of hydrogen-bond donors (Lipinski definition) is 1. The van der Waals surface area contributed by atoms with Gasteiger partial charge in [0, 0.05) is 50.3 Å². The SMILES string of the molecule is COc1nccc(OC2CCN(C(=O)CCc3c(C)n[nH]c3C)CC2)n1. The molecule has 8 nitrogen and oxygen atoms in total. The maximum atomic E-state index is 12.5. The third-order valence-corrected chi connectivity index (χ3v) is 4.74. The third-order valence-electron chi connectivity index (χ3n) is 4.74. The van der Waals surface area contributed by atoms with Gasteiger partial charge in [-0.05, 0) is 25.8 Å². The van der Waals surface area contributed by atoms with E-state index in [4.69, 9.17) is 9.47 Å². The molecule has 0 radical (unpaired) electrons. The molecule has 0 aliphatic carbocycles. The summed E-state index contributed by atoms with van der Waals surface area (Å²) in [6.45, 7) is 5.36. The Balaban J connectivity index is 1.46. The molecule has 1 aliphatic heterocycles. The minimum atomic E-state index is 0.0528. The fourth-order valence-corrected chi connectivity index (χ4v) is 3.22. The molecule has 1 fully saturated rings. The van der Waals surface area contributed by atoms with E-state index in [1.807, 2.05) is 18.7 Å². The highest BCUT2D eigenvalue weighted by Crippen LogP contribution is 2.20. The van der Waals surface area contributed by atoms with E-state index in [1.54, 1.807) is 12.3 Å². The number of hydrogen-bond acceptors (Lipinski definition) is 6. The molecule has 2 aromatic heterocycles. The van der Waals surface area contributed by atoms with Crippen molar-refractivity contribution in [3.05, 3.63) is 29.2 Å². The third kappa shape index (κ3) is 4.30. The number of likely N-dealkylation sites (tertiary alicyclic amines) is 1. The van der Waals surface area contributed by atoms with Crippen molar-refractivity contribution in [2.45, 2.75) is 45.6 Å². The lowest BCUT2D eigenvalue weighted by atomic mass is 10.0. The predicted molar refractivity (Wildman–Crippen MR) is 95.2 cm³/mol. The predicted octanol–water partition coefficient (Wildman–Crippen LogP) is 1.83. The molecule has 3 heterocycles. The lowest BCUT2D eigenvalue weighted by molar-refractivity contribution is -0.132. The molecule has 2 aromatic rings. The Kier molecular flexibility index (Phi) is 5.70. The Labute approximate surface area is 152 Å². The van der Waals surface area contributed by atoms with E-state index in [0.717, 1.165) is 36.2 Å². The second kappa shape index (κ2) is 8.16. The van der Waals surface area contributed by atoms with Crippen molar-refractivity contribution < 1.29 is 14.3 Å². The number of methoxy groups -OCH3 is 1. The topological polar surface area (TPSA) is 93.2 Å². The summed E-state index contributed by atoms with van der Waals surface area (Å²) in [6.07, 6.45) is 4.49. The molecular formula is C18H25N5O3. The summed E-state index contributed by atoms with van der Waals surface area (Å²) in [5, 5.41) is 7.15. The smallest absolute Gasteiger partial charge is 0.319 e. The summed E-state index contributed by atoms with van der Waals surface area (Å²) in [7, 11) is 1.52. The van der Waals surface area contributed by atoms with Crippen molar-refractivity contribution in [3.63, 3.8) is 0 Å². The first-order valence-electron chi connectivity index (χ1n) is 8.88. The van der Waals surface area contributed by atoms with Crippen LogP contribution in [-0.2, 0) is 11.2 Å². The molecule has 1 aliphatic rings. The molecule has 0 saturated carbocycles. The summed E-state index contributed by atoms with van der Waals surface area (Å²) in [6, 6.07) is 2.01. The van der Waals surface area contributed by atoms with E-state index in [0.29, 0.717) is 31.4 Å². The zero-order valence-electron chi connectivity index (χ0n) is 15.5. The molecule has 0 aromatic carbocycles. The highest BCUT2D eigenvalue weighted by molar-refractivity contribution is 5.76. The van der Waals surface area contributed by atoms with Gasteiger partial charge in [0.15, 0.2) is 0 Å². The molecular weight excluding hydrogens is 334 g/mol. The number of ether oxygens (including phenoxy) is 2. The highest BCUT2D eigenvalue weighted by Gasteiger charge is 2.24. The van der Waals surface area contributed by atoms with Crippen LogP contribution in [0.4, 0.5) is 0 Å².